The molecule has 0 bridgehead atoms. The fraction of sp³-hybridized carbons (Fsp3) is 0.0263. The minimum absolute atomic E-state index is 0.519. The zero-order valence-electron chi connectivity index (χ0n) is 22.8. The van der Waals surface area contributed by atoms with Crippen LogP contribution in [-0.4, -0.2) is 10.3 Å². The molecule has 0 fully saturated rings. The largest absolute Gasteiger partial charge is 0.380 e. The van der Waals surface area contributed by atoms with Crippen molar-refractivity contribution >= 4 is 64.7 Å². The molecule has 0 amide bonds. The Morgan fingerprint density at radius 3 is 2.29 bits per heavy atom. The summed E-state index contributed by atoms with van der Waals surface area (Å²) in [5.41, 5.74) is 8.09. The number of hydrogen-bond acceptors (Lipinski definition) is 3. The number of rotatable bonds is 6. The van der Waals surface area contributed by atoms with E-state index in [4.69, 9.17) is 5.41 Å². The van der Waals surface area contributed by atoms with Crippen LogP contribution in [0.25, 0.3) is 47.7 Å². The number of nitrogens with zero attached hydrogens (tertiary/aromatic N) is 1. The van der Waals surface area contributed by atoms with Crippen LogP contribution in [0, 0.1) is 5.41 Å². The van der Waals surface area contributed by atoms with E-state index in [9.17, 15) is 0 Å². The Hall–Kier alpha value is -5.19. The first-order chi connectivity index (χ1) is 20.8. The van der Waals surface area contributed by atoms with Crippen LogP contribution in [0.4, 0.5) is 5.69 Å². The molecule has 2 heterocycles. The number of aromatic nitrogens is 1. The summed E-state index contributed by atoms with van der Waals surface area (Å²) in [6.07, 6.45) is 0. The van der Waals surface area contributed by atoms with Gasteiger partial charge in [0, 0.05) is 55.3 Å². The quantitative estimate of drug-likeness (QED) is 0.196. The smallest absolute Gasteiger partial charge is 0.0719 e. The first-order valence-electron chi connectivity index (χ1n) is 14.2. The van der Waals surface area contributed by atoms with Gasteiger partial charge in [0.1, 0.15) is 0 Å². The number of fused-ring (bicyclic) bond motifs is 7. The SMILES string of the molecule is N=C(c1ccccc1)c1ccccc1NCc1cccc(-n2c3ccccc3c3ccc4c5ccccc5sc4c32)c1. The lowest BCUT2D eigenvalue weighted by Crippen LogP contribution is -2.08. The molecule has 0 aliphatic carbocycles. The zero-order valence-corrected chi connectivity index (χ0v) is 23.7. The number of para-hydroxylation sites is 2. The third-order valence-corrected chi connectivity index (χ3v) is 9.28. The average molecular weight is 558 g/mol. The van der Waals surface area contributed by atoms with Gasteiger partial charge in [0.15, 0.2) is 0 Å². The summed E-state index contributed by atoms with van der Waals surface area (Å²) in [5, 5.41) is 17.6. The highest BCUT2D eigenvalue weighted by molar-refractivity contribution is 7.26. The predicted octanol–water partition coefficient (Wildman–Crippen LogP) is 10.2. The van der Waals surface area contributed by atoms with Crippen molar-refractivity contribution in [2.75, 3.05) is 5.32 Å². The minimum Gasteiger partial charge on any atom is -0.380 e. The molecule has 8 rings (SSSR count). The standard InChI is InChI=1S/C38H27N3S/c39-36(26-12-2-1-3-13-26)32-17-4-7-18-33(32)40-24-25-11-10-14-27(23-25)41-34-19-8-5-15-28(34)30-21-22-31-29-16-6-9-20-35(29)42-38(31)37(30)41/h1-23,39-40H,24H2. The lowest BCUT2D eigenvalue weighted by molar-refractivity contribution is 1.11. The highest BCUT2D eigenvalue weighted by atomic mass is 32.1. The van der Waals surface area contributed by atoms with Gasteiger partial charge in [-0.1, -0.05) is 109 Å². The normalized spacial score (nSPS) is 11.5. The van der Waals surface area contributed by atoms with Crippen LogP contribution in [0.5, 0.6) is 0 Å². The van der Waals surface area contributed by atoms with Crippen LogP contribution in [-0.2, 0) is 6.54 Å². The van der Waals surface area contributed by atoms with Gasteiger partial charge >= 0.3 is 0 Å². The summed E-state index contributed by atoms with van der Waals surface area (Å²) in [6.45, 7) is 0.655. The predicted molar refractivity (Wildman–Crippen MR) is 180 cm³/mol. The summed E-state index contributed by atoms with van der Waals surface area (Å²) >= 11 is 1.88. The van der Waals surface area contributed by atoms with Gasteiger partial charge < -0.3 is 9.88 Å². The molecular weight excluding hydrogens is 531 g/mol. The van der Waals surface area contributed by atoms with Crippen molar-refractivity contribution in [2.45, 2.75) is 6.54 Å². The van der Waals surface area contributed by atoms with E-state index in [1.165, 1.54) is 47.5 Å². The maximum Gasteiger partial charge on any atom is 0.0719 e. The highest BCUT2D eigenvalue weighted by Crippen LogP contribution is 2.42. The van der Waals surface area contributed by atoms with Crippen LogP contribution in [0.2, 0.25) is 0 Å². The van der Waals surface area contributed by atoms with Gasteiger partial charge in [-0.15, -0.1) is 11.3 Å². The zero-order chi connectivity index (χ0) is 28.0. The first-order valence-corrected chi connectivity index (χ1v) is 15.0. The second-order valence-electron chi connectivity index (χ2n) is 10.6. The number of hydrogen-bond donors (Lipinski definition) is 2. The first kappa shape index (κ1) is 24.6. The fourth-order valence-corrected chi connectivity index (χ4v) is 7.36. The molecule has 0 unspecified atom stereocenters. The molecule has 0 saturated heterocycles. The minimum atomic E-state index is 0.519. The maximum atomic E-state index is 8.84. The fourth-order valence-electron chi connectivity index (χ4n) is 6.12. The average Bonchev–Trinajstić information content (AvgIpc) is 3.60. The molecule has 42 heavy (non-hydrogen) atoms. The third kappa shape index (κ3) is 3.99. The topological polar surface area (TPSA) is 40.8 Å². The van der Waals surface area contributed by atoms with E-state index < -0.39 is 0 Å². The Labute approximate surface area is 247 Å². The Morgan fingerprint density at radius 1 is 0.643 bits per heavy atom. The maximum absolute atomic E-state index is 8.84. The van der Waals surface area contributed by atoms with Crippen molar-refractivity contribution in [3.05, 3.63) is 156 Å². The number of anilines is 1. The summed E-state index contributed by atoms with van der Waals surface area (Å²) in [6, 6.07) is 48.8. The molecule has 200 valence electrons. The number of benzene rings is 6. The second-order valence-corrected chi connectivity index (χ2v) is 11.7. The van der Waals surface area contributed by atoms with Gasteiger partial charge in [0.2, 0.25) is 0 Å². The van der Waals surface area contributed by atoms with Gasteiger partial charge in [0.05, 0.1) is 21.4 Å². The van der Waals surface area contributed by atoms with E-state index in [0.29, 0.717) is 12.3 Å². The summed E-state index contributed by atoms with van der Waals surface area (Å²) in [7, 11) is 0. The van der Waals surface area contributed by atoms with E-state index in [-0.39, 0.29) is 0 Å². The van der Waals surface area contributed by atoms with Gasteiger partial charge in [-0.25, -0.2) is 0 Å². The third-order valence-electron chi connectivity index (χ3n) is 8.09. The number of nitrogens with one attached hydrogen (secondary N) is 2. The second kappa shape index (κ2) is 10.0. The summed E-state index contributed by atoms with van der Waals surface area (Å²) in [5.74, 6) is 0. The van der Waals surface area contributed by atoms with Crippen molar-refractivity contribution in [2.24, 2.45) is 0 Å². The van der Waals surface area contributed by atoms with Crippen LogP contribution >= 0.6 is 11.3 Å². The van der Waals surface area contributed by atoms with Crippen molar-refractivity contribution in [1.29, 1.82) is 5.41 Å². The van der Waals surface area contributed by atoms with Crippen molar-refractivity contribution in [1.82, 2.24) is 4.57 Å². The lowest BCUT2D eigenvalue weighted by atomic mass is 10.0. The Morgan fingerprint density at radius 2 is 1.38 bits per heavy atom. The molecule has 2 aromatic heterocycles. The Bertz CT molecular complexity index is 2270. The number of thiophene rings is 1. The Balaban J connectivity index is 1.22. The molecule has 0 radical (unpaired) electrons. The van der Waals surface area contributed by atoms with E-state index in [0.717, 1.165) is 22.5 Å². The van der Waals surface area contributed by atoms with E-state index in [1.807, 2.05) is 59.9 Å². The monoisotopic (exact) mass is 557 g/mol. The van der Waals surface area contributed by atoms with E-state index in [2.05, 4.69) is 101 Å². The van der Waals surface area contributed by atoms with Crippen molar-refractivity contribution < 1.29 is 0 Å². The molecule has 8 aromatic rings. The molecule has 0 spiro atoms. The van der Waals surface area contributed by atoms with Gasteiger partial charge in [-0.05, 0) is 35.9 Å². The molecule has 4 heteroatoms. The van der Waals surface area contributed by atoms with Crippen molar-refractivity contribution in [3.8, 4) is 5.69 Å². The van der Waals surface area contributed by atoms with Gasteiger partial charge in [-0.2, -0.15) is 0 Å². The molecule has 6 aromatic carbocycles. The molecule has 3 nitrogen and oxygen atoms in total. The highest BCUT2D eigenvalue weighted by Gasteiger charge is 2.18. The van der Waals surface area contributed by atoms with Crippen LogP contribution in [0.3, 0.4) is 0 Å². The Kier molecular flexibility index (Phi) is 5.87. The molecule has 0 saturated carbocycles. The molecule has 0 atom stereocenters. The van der Waals surface area contributed by atoms with E-state index >= 15 is 0 Å². The molecular formula is C38H27N3S. The van der Waals surface area contributed by atoms with Crippen molar-refractivity contribution in [3.63, 3.8) is 0 Å². The van der Waals surface area contributed by atoms with Crippen LogP contribution < -0.4 is 5.32 Å². The van der Waals surface area contributed by atoms with E-state index in [1.54, 1.807) is 0 Å². The molecule has 0 aliphatic rings. The van der Waals surface area contributed by atoms with Crippen LogP contribution in [0.15, 0.2) is 140 Å². The summed E-state index contributed by atoms with van der Waals surface area (Å²) in [4.78, 5) is 0. The lowest BCUT2D eigenvalue weighted by Gasteiger charge is -2.14. The van der Waals surface area contributed by atoms with Gasteiger partial charge in [0.25, 0.3) is 0 Å². The molecule has 0 aliphatic heterocycles. The van der Waals surface area contributed by atoms with Crippen LogP contribution in [0.1, 0.15) is 16.7 Å². The summed E-state index contributed by atoms with van der Waals surface area (Å²) < 4.78 is 5.07. The van der Waals surface area contributed by atoms with Gasteiger partial charge in [-0.3, -0.25) is 5.41 Å². The molecule has 2 N–H and O–H groups in total.